The molecule has 33 heavy (non-hydrogen) atoms. The molecule has 0 saturated carbocycles. The van der Waals surface area contributed by atoms with E-state index < -0.39 is 105 Å². The van der Waals surface area contributed by atoms with Crippen LogP contribution in [-0.4, -0.2) is 156 Å². The van der Waals surface area contributed by atoms with E-state index in [0.717, 1.165) is 0 Å². The van der Waals surface area contributed by atoms with E-state index >= 15 is 0 Å². The Hall–Kier alpha value is -0.600. The number of ether oxygens (including phenoxy) is 5. The summed E-state index contributed by atoms with van der Waals surface area (Å²) >= 11 is 0. The average molecular weight is 488 g/mol. The number of hydrogen-bond acceptors (Lipinski definition) is 15. The third kappa shape index (κ3) is 5.32. The van der Waals surface area contributed by atoms with Crippen LogP contribution in [0, 0.1) is 0 Å². The lowest BCUT2D eigenvalue weighted by molar-refractivity contribution is -0.386. The smallest absolute Gasteiger partial charge is 0.187 e. The summed E-state index contributed by atoms with van der Waals surface area (Å²) in [7, 11) is 0. The highest BCUT2D eigenvalue weighted by atomic mass is 16.8. The first-order chi connectivity index (χ1) is 15.5. The van der Waals surface area contributed by atoms with Crippen molar-refractivity contribution in [3.8, 4) is 0 Å². The molecule has 3 heterocycles. The van der Waals surface area contributed by atoms with Gasteiger partial charge in [0.2, 0.25) is 0 Å². The van der Waals surface area contributed by atoms with Gasteiger partial charge in [0, 0.05) is 0 Å². The number of aliphatic hydroxyl groups excluding tert-OH is 10. The van der Waals surface area contributed by atoms with Crippen LogP contribution in [0.5, 0.6) is 0 Å². The van der Waals surface area contributed by atoms with Crippen molar-refractivity contribution in [3.63, 3.8) is 0 Å². The van der Waals surface area contributed by atoms with Crippen LogP contribution in [0.1, 0.15) is 6.92 Å². The maximum absolute atomic E-state index is 10.6. The molecule has 0 bridgehead atoms. The maximum Gasteiger partial charge on any atom is 0.187 e. The topological polar surface area (TPSA) is 248 Å². The standard InChI is InChI=1S/C18H32O15/c1-4-7(21)10(24)12(26)17(29-4)33-15-14(9(23)6(3-20)30-16(15)28)32-18-13(27)11(25)8(22)5(2-19)31-18/h4-28H,2-3H2,1H3/t4-,5+,6+,7+,8-,9-,10+,11-,12-,13+,14-,15+,16?,17?,18?/m0/s1. The minimum absolute atomic E-state index is 0.747. The summed E-state index contributed by atoms with van der Waals surface area (Å²) in [5.74, 6) is 0. The van der Waals surface area contributed by atoms with Gasteiger partial charge in [0.1, 0.15) is 67.1 Å². The molecule has 15 heteroatoms. The summed E-state index contributed by atoms with van der Waals surface area (Å²) in [6.45, 7) is -0.115. The van der Waals surface area contributed by atoms with E-state index in [9.17, 15) is 51.1 Å². The second kappa shape index (κ2) is 11.0. The van der Waals surface area contributed by atoms with Crippen molar-refractivity contribution in [1.29, 1.82) is 0 Å². The molecular weight excluding hydrogens is 456 g/mol. The third-order valence-electron chi connectivity index (χ3n) is 6.06. The molecule has 0 spiro atoms. The van der Waals surface area contributed by atoms with Gasteiger partial charge in [-0.1, -0.05) is 0 Å². The van der Waals surface area contributed by atoms with E-state index in [1.54, 1.807) is 0 Å². The van der Waals surface area contributed by atoms with E-state index in [1.807, 2.05) is 0 Å². The molecule has 194 valence electrons. The molecule has 3 aliphatic rings. The van der Waals surface area contributed by atoms with Crippen molar-refractivity contribution in [2.45, 2.75) is 99.0 Å². The molecule has 3 unspecified atom stereocenters. The van der Waals surface area contributed by atoms with E-state index in [1.165, 1.54) is 6.92 Å². The Balaban J connectivity index is 1.82. The fraction of sp³-hybridized carbons (Fsp3) is 1.00. The number of rotatable bonds is 6. The Morgan fingerprint density at radius 3 is 1.61 bits per heavy atom. The minimum atomic E-state index is -1.88. The molecule has 3 saturated heterocycles. The number of hydrogen-bond donors (Lipinski definition) is 10. The Bertz CT molecular complexity index is 624. The largest absolute Gasteiger partial charge is 0.394 e. The lowest BCUT2D eigenvalue weighted by Gasteiger charge is -2.48. The van der Waals surface area contributed by atoms with Gasteiger partial charge < -0.3 is 74.7 Å². The molecule has 0 amide bonds. The lowest BCUT2D eigenvalue weighted by Crippen LogP contribution is -2.66. The molecule has 0 aliphatic carbocycles. The molecular formula is C18H32O15. The van der Waals surface area contributed by atoms with Crippen molar-refractivity contribution in [1.82, 2.24) is 0 Å². The van der Waals surface area contributed by atoms with Gasteiger partial charge >= 0.3 is 0 Å². The predicted molar refractivity (Wildman–Crippen MR) is 99.8 cm³/mol. The fourth-order valence-corrected chi connectivity index (χ4v) is 3.97. The summed E-state index contributed by atoms with van der Waals surface area (Å²) in [6.07, 6.45) is -24.1. The summed E-state index contributed by atoms with van der Waals surface area (Å²) in [5.41, 5.74) is 0. The van der Waals surface area contributed by atoms with Crippen LogP contribution in [0.3, 0.4) is 0 Å². The number of aliphatic hydroxyl groups is 10. The summed E-state index contributed by atoms with van der Waals surface area (Å²) in [6, 6.07) is 0. The Morgan fingerprint density at radius 2 is 1.03 bits per heavy atom. The summed E-state index contributed by atoms with van der Waals surface area (Å²) in [4.78, 5) is 0. The first-order valence-electron chi connectivity index (χ1n) is 10.4. The van der Waals surface area contributed by atoms with Gasteiger partial charge in [0.25, 0.3) is 0 Å². The summed E-state index contributed by atoms with van der Waals surface area (Å²) in [5, 5.41) is 100.0. The average Bonchev–Trinajstić information content (AvgIpc) is 2.79. The second-order valence-corrected chi connectivity index (χ2v) is 8.32. The zero-order valence-electron chi connectivity index (χ0n) is 17.6. The molecule has 3 aliphatic heterocycles. The van der Waals surface area contributed by atoms with Crippen molar-refractivity contribution < 1.29 is 74.7 Å². The SMILES string of the molecule is C[C@@H]1OC(O[C@H]2C(O)O[C@H](CO)[C@H](O)[C@@H]2OC2O[C@H](CO)[C@H](O)[C@H](O)[C@H]2O)[C@@H](O)[C@H](O)[C@@H]1O. The van der Waals surface area contributed by atoms with Gasteiger partial charge in [-0.15, -0.1) is 0 Å². The van der Waals surface area contributed by atoms with Gasteiger partial charge in [-0.05, 0) is 6.92 Å². The molecule has 0 aromatic carbocycles. The van der Waals surface area contributed by atoms with Crippen LogP contribution in [0.15, 0.2) is 0 Å². The van der Waals surface area contributed by atoms with Gasteiger partial charge in [0.05, 0.1) is 19.3 Å². The molecule has 0 aromatic heterocycles. The molecule has 3 rings (SSSR count). The lowest BCUT2D eigenvalue weighted by atomic mass is 9.96. The molecule has 15 nitrogen and oxygen atoms in total. The van der Waals surface area contributed by atoms with Crippen LogP contribution in [0.25, 0.3) is 0 Å². The normalized spacial score (nSPS) is 53.7. The second-order valence-electron chi connectivity index (χ2n) is 8.32. The van der Waals surface area contributed by atoms with Crippen molar-refractivity contribution in [2.24, 2.45) is 0 Å². The highest BCUT2D eigenvalue weighted by Gasteiger charge is 2.53. The van der Waals surface area contributed by atoms with Gasteiger partial charge in [0.15, 0.2) is 18.9 Å². The van der Waals surface area contributed by atoms with E-state index in [2.05, 4.69) is 0 Å². The Morgan fingerprint density at radius 1 is 0.545 bits per heavy atom. The monoisotopic (exact) mass is 488 g/mol. The Kier molecular flexibility index (Phi) is 8.99. The van der Waals surface area contributed by atoms with E-state index in [0.29, 0.717) is 0 Å². The van der Waals surface area contributed by atoms with Crippen molar-refractivity contribution in [3.05, 3.63) is 0 Å². The maximum atomic E-state index is 10.6. The molecule has 3 fully saturated rings. The van der Waals surface area contributed by atoms with E-state index in [-0.39, 0.29) is 0 Å². The van der Waals surface area contributed by atoms with Gasteiger partial charge in [-0.2, -0.15) is 0 Å². The quantitative estimate of drug-likeness (QED) is 0.167. The van der Waals surface area contributed by atoms with E-state index in [4.69, 9.17) is 23.7 Å². The first-order valence-corrected chi connectivity index (χ1v) is 10.4. The highest BCUT2D eigenvalue weighted by molar-refractivity contribution is 4.96. The van der Waals surface area contributed by atoms with Crippen LogP contribution >= 0.6 is 0 Å². The molecule has 0 radical (unpaired) electrons. The van der Waals surface area contributed by atoms with Crippen LogP contribution in [-0.2, 0) is 23.7 Å². The molecule has 0 aromatic rings. The van der Waals surface area contributed by atoms with Gasteiger partial charge in [-0.3, -0.25) is 0 Å². The third-order valence-corrected chi connectivity index (χ3v) is 6.06. The van der Waals surface area contributed by atoms with Crippen LogP contribution in [0.4, 0.5) is 0 Å². The van der Waals surface area contributed by atoms with Crippen molar-refractivity contribution in [2.75, 3.05) is 13.2 Å². The van der Waals surface area contributed by atoms with Gasteiger partial charge in [-0.25, -0.2) is 0 Å². The van der Waals surface area contributed by atoms with Crippen molar-refractivity contribution >= 4 is 0 Å². The fourth-order valence-electron chi connectivity index (χ4n) is 3.97. The first kappa shape index (κ1) is 27.0. The Labute approximate surface area is 187 Å². The predicted octanol–water partition coefficient (Wildman–Crippen LogP) is -6.55. The minimum Gasteiger partial charge on any atom is -0.394 e. The van der Waals surface area contributed by atoms with Crippen LogP contribution in [0.2, 0.25) is 0 Å². The molecule has 15 atom stereocenters. The van der Waals surface area contributed by atoms with Crippen LogP contribution < -0.4 is 0 Å². The zero-order valence-corrected chi connectivity index (χ0v) is 17.6. The molecule has 10 N–H and O–H groups in total. The zero-order chi connectivity index (χ0) is 24.6. The highest BCUT2D eigenvalue weighted by Crippen LogP contribution is 2.32. The summed E-state index contributed by atoms with van der Waals surface area (Å²) < 4.78 is 26.7.